The molecule has 0 aliphatic heterocycles. The van der Waals surface area contributed by atoms with Crippen molar-refractivity contribution in [2.45, 2.75) is 24.0 Å². The maximum Gasteiger partial charge on any atom is 0.315 e. The predicted octanol–water partition coefficient (Wildman–Crippen LogP) is 3.23. The molecule has 0 unspecified atom stereocenters. The minimum Gasteiger partial charge on any atom is -0.466 e. The van der Waals surface area contributed by atoms with Crippen LogP contribution < -0.4 is 0 Å². The lowest BCUT2D eigenvalue weighted by atomic mass is 10.4. The molecule has 2 aromatic rings. The van der Waals surface area contributed by atoms with Crippen molar-refractivity contribution in [3.8, 4) is 0 Å². The van der Waals surface area contributed by atoms with E-state index in [1.807, 2.05) is 24.3 Å². The Bertz CT molecular complexity index is 571. The van der Waals surface area contributed by atoms with Gasteiger partial charge in [0.05, 0.1) is 12.4 Å². The largest absolute Gasteiger partial charge is 0.466 e. The van der Waals surface area contributed by atoms with E-state index in [4.69, 9.17) is 9.26 Å². The number of thioether (sulfide) groups is 1. The third-order valence-corrected chi connectivity index (χ3v) is 3.83. The maximum atomic E-state index is 11.3. The molecule has 1 aromatic carbocycles. The van der Waals surface area contributed by atoms with Crippen molar-refractivity contribution < 1.29 is 14.1 Å². The van der Waals surface area contributed by atoms with Gasteiger partial charge in [-0.05, 0) is 31.2 Å². The van der Waals surface area contributed by atoms with Crippen LogP contribution in [0.4, 0.5) is 0 Å². The van der Waals surface area contributed by atoms with E-state index >= 15 is 0 Å². The third-order valence-electron chi connectivity index (χ3n) is 2.29. The van der Waals surface area contributed by atoms with E-state index in [0.717, 1.165) is 9.37 Å². The molecule has 0 saturated heterocycles. The van der Waals surface area contributed by atoms with Crippen LogP contribution in [0, 0.1) is 0 Å². The zero-order chi connectivity index (χ0) is 14.4. The molecule has 20 heavy (non-hydrogen) atoms. The number of rotatable bonds is 6. The second kappa shape index (κ2) is 7.44. The van der Waals surface area contributed by atoms with E-state index in [-0.39, 0.29) is 18.3 Å². The molecule has 0 bridgehead atoms. The molecule has 0 spiro atoms. The summed E-state index contributed by atoms with van der Waals surface area (Å²) in [5, 5.41) is 3.84. The van der Waals surface area contributed by atoms with Crippen LogP contribution in [0.2, 0.25) is 0 Å². The van der Waals surface area contributed by atoms with Gasteiger partial charge in [-0.1, -0.05) is 21.1 Å². The molecule has 1 heterocycles. The summed E-state index contributed by atoms with van der Waals surface area (Å²) in [5.74, 6) is 1.09. The van der Waals surface area contributed by atoms with Crippen molar-refractivity contribution in [2.75, 3.05) is 6.61 Å². The van der Waals surface area contributed by atoms with Crippen molar-refractivity contribution in [3.63, 3.8) is 0 Å². The van der Waals surface area contributed by atoms with E-state index in [1.165, 1.54) is 0 Å². The van der Waals surface area contributed by atoms with Crippen LogP contribution in [0.3, 0.4) is 0 Å². The van der Waals surface area contributed by atoms with Crippen LogP contribution in [-0.2, 0) is 21.7 Å². The van der Waals surface area contributed by atoms with Gasteiger partial charge in [0, 0.05) is 9.37 Å². The molecule has 0 N–H and O–H groups in total. The van der Waals surface area contributed by atoms with Crippen molar-refractivity contribution in [2.24, 2.45) is 0 Å². The topological polar surface area (TPSA) is 65.2 Å². The van der Waals surface area contributed by atoms with E-state index in [9.17, 15) is 4.79 Å². The normalized spacial score (nSPS) is 10.5. The second-order valence-corrected chi connectivity index (χ2v) is 5.79. The van der Waals surface area contributed by atoms with Crippen molar-refractivity contribution in [1.29, 1.82) is 0 Å². The van der Waals surface area contributed by atoms with Gasteiger partial charge in [-0.2, -0.15) is 4.98 Å². The Balaban J connectivity index is 1.86. The molecular weight excluding hydrogens is 344 g/mol. The van der Waals surface area contributed by atoms with Gasteiger partial charge >= 0.3 is 5.97 Å². The fraction of sp³-hybridized carbons (Fsp3) is 0.308. The van der Waals surface area contributed by atoms with Crippen LogP contribution in [-0.4, -0.2) is 22.7 Å². The highest BCUT2D eigenvalue weighted by Gasteiger charge is 2.12. The SMILES string of the molecule is CCOC(=O)Cc1nc(CSc2ccc(Br)cc2)no1. The first-order chi connectivity index (χ1) is 9.67. The molecule has 1 aromatic heterocycles. The van der Waals surface area contributed by atoms with Crippen LogP contribution in [0.5, 0.6) is 0 Å². The summed E-state index contributed by atoms with van der Waals surface area (Å²) in [5.41, 5.74) is 0. The van der Waals surface area contributed by atoms with E-state index in [2.05, 4.69) is 26.1 Å². The third kappa shape index (κ3) is 4.64. The quantitative estimate of drug-likeness (QED) is 0.584. The lowest BCUT2D eigenvalue weighted by Crippen LogP contribution is -2.07. The Hall–Kier alpha value is -1.34. The molecule has 2 rings (SSSR count). The number of hydrogen-bond acceptors (Lipinski definition) is 6. The smallest absolute Gasteiger partial charge is 0.315 e. The molecule has 0 atom stereocenters. The van der Waals surface area contributed by atoms with Gasteiger partial charge in [-0.25, -0.2) is 0 Å². The van der Waals surface area contributed by atoms with Crippen LogP contribution in [0.15, 0.2) is 38.2 Å². The number of aromatic nitrogens is 2. The van der Waals surface area contributed by atoms with Gasteiger partial charge < -0.3 is 9.26 Å². The predicted molar refractivity (Wildman–Crippen MR) is 78.3 cm³/mol. The van der Waals surface area contributed by atoms with Crippen molar-refractivity contribution >= 4 is 33.7 Å². The first-order valence-electron chi connectivity index (χ1n) is 6.03. The summed E-state index contributed by atoms with van der Waals surface area (Å²) >= 11 is 4.99. The van der Waals surface area contributed by atoms with Gasteiger partial charge in [0.2, 0.25) is 5.89 Å². The zero-order valence-corrected chi connectivity index (χ0v) is 13.2. The summed E-state index contributed by atoms with van der Waals surface area (Å²) < 4.78 is 10.9. The van der Waals surface area contributed by atoms with E-state index in [1.54, 1.807) is 18.7 Å². The molecule has 0 fully saturated rings. The average Bonchev–Trinajstić information content (AvgIpc) is 2.86. The molecule has 0 radical (unpaired) electrons. The summed E-state index contributed by atoms with van der Waals surface area (Å²) in [6.07, 6.45) is 0.0176. The summed E-state index contributed by atoms with van der Waals surface area (Å²) in [6, 6.07) is 7.97. The lowest BCUT2D eigenvalue weighted by Gasteiger charge is -1.98. The molecule has 0 saturated carbocycles. The van der Waals surface area contributed by atoms with Gasteiger partial charge in [0.25, 0.3) is 0 Å². The first-order valence-corrected chi connectivity index (χ1v) is 7.80. The summed E-state index contributed by atoms with van der Waals surface area (Å²) in [7, 11) is 0. The van der Waals surface area contributed by atoms with Crippen LogP contribution in [0.1, 0.15) is 18.6 Å². The summed E-state index contributed by atoms with van der Waals surface area (Å²) in [6.45, 7) is 2.10. The number of carbonyl (C=O) groups is 1. The fourth-order valence-corrected chi connectivity index (χ4v) is 2.44. The summed E-state index contributed by atoms with van der Waals surface area (Å²) in [4.78, 5) is 16.5. The van der Waals surface area contributed by atoms with Crippen LogP contribution in [0.25, 0.3) is 0 Å². The van der Waals surface area contributed by atoms with E-state index < -0.39 is 0 Å². The monoisotopic (exact) mass is 356 g/mol. The molecular formula is C13H13BrN2O3S. The van der Waals surface area contributed by atoms with Crippen molar-refractivity contribution in [1.82, 2.24) is 10.1 Å². The Labute approximate surface area is 129 Å². The Morgan fingerprint density at radius 3 is 2.85 bits per heavy atom. The van der Waals surface area contributed by atoms with Gasteiger partial charge in [0.15, 0.2) is 5.82 Å². The number of esters is 1. The number of nitrogens with zero attached hydrogens (tertiary/aromatic N) is 2. The Morgan fingerprint density at radius 1 is 1.40 bits per heavy atom. The van der Waals surface area contributed by atoms with Gasteiger partial charge in [0.1, 0.15) is 6.42 Å². The molecule has 0 aliphatic rings. The van der Waals surface area contributed by atoms with Gasteiger partial charge in [-0.15, -0.1) is 11.8 Å². The van der Waals surface area contributed by atoms with Gasteiger partial charge in [-0.3, -0.25) is 4.79 Å². The highest BCUT2D eigenvalue weighted by Crippen LogP contribution is 2.23. The molecule has 0 aliphatic carbocycles. The highest BCUT2D eigenvalue weighted by atomic mass is 79.9. The van der Waals surface area contributed by atoms with Crippen molar-refractivity contribution in [3.05, 3.63) is 40.5 Å². The van der Waals surface area contributed by atoms with E-state index in [0.29, 0.717) is 18.2 Å². The fourth-order valence-electron chi connectivity index (χ4n) is 1.43. The Kier molecular flexibility index (Phi) is 5.60. The molecule has 5 nitrogen and oxygen atoms in total. The number of halogens is 1. The second-order valence-electron chi connectivity index (χ2n) is 3.83. The lowest BCUT2D eigenvalue weighted by molar-refractivity contribution is -0.142. The number of benzene rings is 1. The standard InChI is InChI=1S/C13H13BrN2O3S/c1-2-18-13(17)7-12-15-11(16-19-12)8-20-10-5-3-9(14)4-6-10/h3-6H,2,7-8H2,1H3. The Morgan fingerprint density at radius 2 is 2.15 bits per heavy atom. The molecule has 0 amide bonds. The zero-order valence-electron chi connectivity index (χ0n) is 10.8. The maximum absolute atomic E-state index is 11.3. The number of carbonyl (C=O) groups excluding carboxylic acids is 1. The highest BCUT2D eigenvalue weighted by molar-refractivity contribution is 9.10. The first kappa shape index (κ1) is 15.1. The minimum absolute atomic E-state index is 0.0176. The molecule has 7 heteroatoms. The minimum atomic E-state index is -0.358. The number of hydrogen-bond donors (Lipinski definition) is 0. The molecule has 106 valence electrons. The van der Waals surface area contributed by atoms with Crippen LogP contribution >= 0.6 is 27.7 Å². The number of ether oxygens (including phenoxy) is 1. The average molecular weight is 357 g/mol.